The van der Waals surface area contributed by atoms with Gasteiger partial charge in [-0.1, -0.05) is 135 Å². The molecule has 9 aromatic rings. The van der Waals surface area contributed by atoms with E-state index >= 15 is 0 Å². The first kappa shape index (κ1) is 29.9. The minimum atomic E-state index is -0.0754. The van der Waals surface area contributed by atoms with Gasteiger partial charge in [0, 0.05) is 15.0 Å². The first-order valence-electron chi connectivity index (χ1n) is 18.5. The molecule has 0 saturated carbocycles. The van der Waals surface area contributed by atoms with Gasteiger partial charge in [0.2, 0.25) is 0 Å². The van der Waals surface area contributed by atoms with Crippen LogP contribution in [-0.2, 0) is 11.8 Å². The van der Waals surface area contributed by atoms with Crippen LogP contribution < -0.4 is 0 Å². The third-order valence-electron chi connectivity index (χ3n) is 11.9. The number of aryl methyl sites for hydroxylation is 1. The van der Waals surface area contributed by atoms with Crippen LogP contribution in [0.5, 0.6) is 0 Å². The molecule has 0 amide bonds. The van der Waals surface area contributed by atoms with Crippen molar-refractivity contribution in [3.05, 3.63) is 173 Å². The normalized spacial score (nSPS) is 14.3. The first-order valence-corrected chi connectivity index (χ1v) is 19.3. The van der Waals surface area contributed by atoms with Gasteiger partial charge in [-0.05, 0) is 148 Å². The molecule has 1 heterocycles. The molecule has 0 aliphatic heterocycles. The Bertz CT molecular complexity index is 2990. The van der Waals surface area contributed by atoms with Gasteiger partial charge in [-0.15, -0.1) is 11.3 Å². The van der Waals surface area contributed by atoms with Crippen molar-refractivity contribution in [1.29, 1.82) is 0 Å². The van der Waals surface area contributed by atoms with E-state index in [0.29, 0.717) is 0 Å². The fourth-order valence-corrected chi connectivity index (χ4v) is 10.5. The zero-order valence-electron chi connectivity index (χ0n) is 29.3. The van der Waals surface area contributed by atoms with Crippen LogP contribution in [0.25, 0.3) is 93.0 Å². The topological polar surface area (TPSA) is 0 Å². The number of allylic oxidation sites excluding steroid dienone is 1. The second-order valence-electron chi connectivity index (χ2n) is 15.1. The minimum absolute atomic E-state index is 0.0754. The van der Waals surface area contributed by atoms with E-state index in [1.54, 1.807) is 0 Å². The van der Waals surface area contributed by atoms with Crippen LogP contribution in [0.3, 0.4) is 0 Å². The van der Waals surface area contributed by atoms with Gasteiger partial charge in [-0.3, -0.25) is 0 Å². The van der Waals surface area contributed by atoms with Gasteiger partial charge in [-0.25, -0.2) is 0 Å². The van der Waals surface area contributed by atoms with Gasteiger partial charge in [-0.2, -0.15) is 0 Å². The minimum Gasteiger partial charge on any atom is -0.136 e. The summed E-state index contributed by atoms with van der Waals surface area (Å²) in [5.41, 5.74) is 14.6. The molecule has 52 heavy (non-hydrogen) atoms. The van der Waals surface area contributed by atoms with Gasteiger partial charge >= 0.3 is 0 Å². The molecule has 0 N–H and O–H groups in total. The maximum atomic E-state index is 2.50. The highest BCUT2D eigenvalue weighted by molar-refractivity contribution is 7.20. The van der Waals surface area contributed by atoms with E-state index in [2.05, 4.69) is 172 Å². The predicted octanol–water partition coefficient (Wildman–Crippen LogP) is 14.6. The van der Waals surface area contributed by atoms with Crippen molar-refractivity contribution in [3.8, 4) is 44.5 Å². The number of hydrogen-bond donors (Lipinski definition) is 0. The van der Waals surface area contributed by atoms with Crippen molar-refractivity contribution in [1.82, 2.24) is 0 Å². The predicted molar refractivity (Wildman–Crippen MR) is 226 cm³/mol. The van der Waals surface area contributed by atoms with Crippen LogP contribution in [0.1, 0.15) is 41.8 Å². The second-order valence-corrected chi connectivity index (χ2v) is 16.2. The Hall–Kier alpha value is -5.76. The third kappa shape index (κ3) is 4.33. The lowest BCUT2D eigenvalue weighted by Crippen LogP contribution is -2.14. The zero-order chi connectivity index (χ0) is 34.6. The summed E-state index contributed by atoms with van der Waals surface area (Å²) in [6.07, 6.45) is 6.88. The summed E-state index contributed by atoms with van der Waals surface area (Å²) in [5.74, 6) is 0. The van der Waals surface area contributed by atoms with Crippen molar-refractivity contribution in [3.63, 3.8) is 0 Å². The Labute approximate surface area is 308 Å². The van der Waals surface area contributed by atoms with Crippen molar-refractivity contribution in [2.24, 2.45) is 0 Å². The molecule has 2 aliphatic carbocycles. The molecule has 246 valence electrons. The Balaban J connectivity index is 1.22. The number of fused-ring (bicyclic) bond motifs is 9. The molecule has 0 spiro atoms. The lowest BCUT2D eigenvalue weighted by Gasteiger charge is -2.23. The zero-order valence-corrected chi connectivity index (χ0v) is 30.2. The monoisotopic (exact) mass is 680 g/mol. The first-order chi connectivity index (χ1) is 25.5. The van der Waals surface area contributed by atoms with E-state index in [0.717, 1.165) is 12.8 Å². The van der Waals surface area contributed by atoms with Crippen LogP contribution in [0, 0.1) is 0 Å². The molecule has 0 nitrogen and oxygen atoms in total. The summed E-state index contributed by atoms with van der Waals surface area (Å²) >= 11 is 1.93. The van der Waals surface area contributed by atoms with E-state index in [1.807, 2.05) is 11.3 Å². The SMILES string of the molecule is CC1(C)c2ccccc2-c2ccc(-c3c4ccccc4c(-c4ccc5sc6c(c5c4)CCC=C6)c4ccc(-c5ccc6ccccc6c5)cc34)cc21. The van der Waals surface area contributed by atoms with Crippen molar-refractivity contribution in [2.45, 2.75) is 32.1 Å². The summed E-state index contributed by atoms with van der Waals surface area (Å²) in [6.45, 7) is 4.77. The molecule has 0 saturated heterocycles. The fourth-order valence-electron chi connectivity index (χ4n) is 9.34. The van der Waals surface area contributed by atoms with E-state index in [4.69, 9.17) is 0 Å². The molecule has 8 aromatic carbocycles. The quantitative estimate of drug-likeness (QED) is 0.163. The lowest BCUT2D eigenvalue weighted by atomic mass is 9.80. The third-order valence-corrected chi connectivity index (χ3v) is 13.1. The molecule has 0 bridgehead atoms. The lowest BCUT2D eigenvalue weighted by molar-refractivity contribution is 0.660. The highest BCUT2D eigenvalue weighted by Gasteiger charge is 2.35. The smallest absolute Gasteiger partial charge is 0.0352 e. The van der Waals surface area contributed by atoms with Gasteiger partial charge in [0.05, 0.1) is 0 Å². The average molecular weight is 681 g/mol. The van der Waals surface area contributed by atoms with Crippen LogP contribution in [0.15, 0.2) is 152 Å². The maximum absolute atomic E-state index is 2.50. The van der Waals surface area contributed by atoms with E-state index in [1.165, 1.54) is 108 Å². The molecule has 0 radical (unpaired) electrons. The number of rotatable bonds is 3. The Morgan fingerprint density at radius 1 is 0.481 bits per heavy atom. The van der Waals surface area contributed by atoms with Crippen molar-refractivity contribution < 1.29 is 0 Å². The molecule has 0 fully saturated rings. The molecular weight excluding hydrogens is 645 g/mol. The highest BCUT2D eigenvalue weighted by Crippen LogP contribution is 2.52. The van der Waals surface area contributed by atoms with Gasteiger partial charge < -0.3 is 0 Å². The van der Waals surface area contributed by atoms with Crippen molar-refractivity contribution >= 4 is 59.8 Å². The Morgan fingerprint density at radius 2 is 1.12 bits per heavy atom. The van der Waals surface area contributed by atoms with Gasteiger partial charge in [0.15, 0.2) is 0 Å². The van der Waals surface area contributed by atoms with Gasteiger partial charge in [0.1, 0.15) is 0 Å². The molecule has 1 heteroatoms. The second kappa shape index (κ2) is 11.1. The van der Waals surface area contributed by atoms with E-state index in [-0.39, 0.29) is 5.41 Å². The van der Waals surface area contributed by atoms with E-state index in [9.17, 15) is 0 Å². The van der Waals surface area contributed by atoms with Crippen LogP contribution in [0.4, 0.5) is 0 Å². The average Bonchev–Trinajstić information content (AvgIpc) is 3.67. The number of benzene rings is 8. The molecule has 1 aromatic heterocycles. The highest BCUT2D eigenvalue weighted by atomic mass is 32.1. The summed E-state index contributed by atoms with van der Waals surface area (Å²) in [4.78, 5) is 1.42. The molecule has 11 rings (SSSR count). The summed E-state index contributed by atoms with van der Waals surface area (Å²) in [6, 6.07) is 55.3. The molecule has 0 atom stereocenters. The molecule has 0 unspecified atom stereocenters. The number of hydrogen-bond acceptors (Lipinski definition) is 1. The number of thiophene rings is 1. The summed E-state index contributed by atoms with van der Waals surface area (Å²) in [5, 5.41) is 9.13. The Morgan fingerprint density at radius 3 is 2.00 bits per heavy atom. The summed E-state index contributed by atoms with van der Waals surface area (Å²) < 4.78 is 1.38. The maximum Gasteiger partial charge on any atom is 0.0352 e. The van der Waals surface area contributed by atoms with Crippen LogP contribution >= 0.6 is 11.3 Å². The largest absolute Gasteiger partial charge is 0.136 e. The van der Waals surface area contributed by atoms with E-state index < -0.39 is 0 Å². The molecule has 2 aliphatic rings. The summed E-state index contributed by atoms with van der Waals surface area (Å²) in [7, 11) is 0. The van der Waals surface area contributed by atoms with Gasteiger partial charge in [0.25, 0.3) is 0 Å². The fraction of sp³-hybridized carbons (Fsp3) is 0.0980. The van der Waals surface area contributed by atoms with Crippen molar-refractivity contribution in [2.75, 3.05) is 0 Å². The Kier molecular flexibility index (Phi) is 6.40. The van der Waals surface area contributed by atoms with Crippen LogP contribution in [0.2, 0.25) is 0 Å². The molecular formula is C51H36S. The standard InChI is InChI=1S/C51H36S/c1-51(2)45-17-9-7-13-37(45)38-24-22-36(30-46(38)51)50-41-16-6-5-15-40(41)49(35-23-26-48-43(29-35)39-14-8-10-18-47(39)52-48)42-25-21-34(28-44(42)50)33-20-19-31-11-3-4-12-32(31)27-33/h3-7,9-13,15-30H,8,14H2,1-2H3. The van der Waals surface area contributed by atoms with Crippen LogP contribution in [-0.4, -0.2) is 0 Å².